The molecular formula is C14H23NO. The molecular weight excluding hydrogens is 198 g/mol. The monoisotopic (exact) mass is 221 g/mol. The molecule has 2 heteroatoms. The third-order valence-corrected chi connectivity index (χ3v) is 3.07. The van der Waals surface area contributed by atoms with Crippen molar-refractivity contribution < 1.29 is 5.11 Å². The van der Waals surface area contributed by atoms with E-state index in [4.69, 9.17) is 0 Å². The minimum Gasteiger partial charge on any atom is -0.394 e. The second-order valence-electron chi connectivity index (χ2n) is 4.64. The van der Waals surface area contributed by atoms with Crippen molar-refractivity contribution in [3.05, 3.63) is 29.3 Å². The van der Waals surface area contributed by atoms with Crippen molar-refractivity contribution in [3.63, 3.8) is 0 Å². The summed E-state index contributed by atoms with van der Waals surface area (Å²) in [5.41, 5.74) is 3.76. The second kappa shape index (κ2) is 5.90. The molecule has 0 aromatic heterocycles. The topological polar surface area (TPSA) is 32.3 Å². The van der Waals surface area contributed by atoms with Gasteiger partial charge < -0.3 is 10.4 Å². The van der Waals surface area contributed by atoms with Gasteiger partial charge in [0.1, 0.15) is 0 Å². The van der Waals surface area contributed by atoms with Crippen LogP contribution in [0.15, 0.2) is 18.2 Å². The smallest absolute Gasteiger partial charge is 0.0635 e. The summed E-state index contributed by atoms with van der Waals surface area (Å²) in [5.74, 6) is 0.425. The number of aliphatic hydroxyl groups excluding tert-OH is 1. The van der Waals surface area contributed by atoms with Crippen LogP contribution in [0.2, 0.25) is 0 Å². The predicted octanol–water partition coefficient (Wildman–Crippen LogP) is 2.99. The Morgan fingerprint density at radius 2 is 2.00 bits per heavy atom. The Bertz CT molecular complexity index is 334. The van der Waals surface area contributed by atoms with Crippen LogP contribution < -0.4 is 5.32 Å². The zero-order valence-corrected chi connectivity index (χ0v) is 10.7. The summed E-state index contributed by atoms with van der Waals surface area (Å²) < 4.78 is 0. The lowest BCUT2D eigenvalue weighted by atomic mass is 10.0. The molecule has 0 radical (unpaired) electrons. The minimum absolute atomic E-state index is 0.131. The average molecular weight is 221 g/mol. The zero-order chi connectivity index (χ0) is 12.1. The van der Waals surface area contributed by atoms with Gasteiger partial charge in [-0.25, -0.2) is 0 Å². The summed E-state index contributed by atoms with van der Waals surface area (Å²) in [7, 11) is 0. The van der Waals surface area contributed by atoms with E-state index in [-0.39, 0.29) is 12.6 Å². The summed E-state index contributed by atoms with van der Waals surface area (Å²) in [6.07, 6.45) is 1.01. The van der Waals surface area contributed by atoms with Gasteiger partial charge >= 0.3 is 0 Å². The predicted molar refractivity (Wildman–Crippen MR) is 69.9 cm³/mol. The summed E-state index contributed by atoms with van der Waals surface area (Å²) in [4.78, 5) is 0. The number of anilines is 1. The summed E-state index contributed by atoms with van der Waals surface area (Å²) in [6.45, 7) is 8.68. The van der Waals surface area contributed by atoms with Crippen LogP contribution >= 0.6 is 0 Å². The van der Waals surface area contributed by atoms with E-state index in [0.29, 0.717) is 5.92 Å². The molecule has 0 aliphatic carbocycles. The Balaban J connectivity index is 2.94. The van der Waals surface area contributed by atoms with Crippen LogP contribution in [0.3, 0.4) is 0 Å². The van der Waals surface area contributed by atoms with Gasteiger partial charge in [0.25, 0.3) is 0 Å². The maximum absolute atomic E-state index is 9.35. The molecule has 0 heterocycles. The molecule has 1 rings (SSSR count). The number of aliphatic hydroxyl groups is 1. The van der Waals surface area contributed by atoms with Crippen LogP contribution in [-0.2, 0) is 6.42 Å². The zero-order valence-electron chi connectivity index (χ0n) is 10.7. The molecule has 2 nitrogen and oxygen atoms in total. The number of rotatable bonds is 5. The fourth-order valence-electron chi connectivity index (χ4n) is 1.84. The molecule has 0 saturated carbocycles. The number of hydrogen-bond donors (Lipinski definition) is 2. The van der Waals surface area contributed by atoms with Crippen LogP contribution in [0.1, 0.15) is 31.9 Å². The van der Waals surface area contributed by atoms with E-state index in [1.165, 1.54) is 16.8 Å². The van der Waals surface area contributed by atoms with Crippen molar-refractivity contribution in [2.45, 2.75) is 40.2 Å². The van der Waals surface area contributed by atoms with Crippen LogP contribution in [0.5, 0.6) is 0 Å². The second-order valence-corrected chi connectivity index (χ2v) is 4.64. The third-order valence-electron chi connectivity index (χ3n) is 3.07. The number of para-hydroxylation sites is 1. The quantitative estimate of drug-likeness (QED) is 0.801. The van der Waals surface area contributed by atoms with E-state index in [1.807, 2.05) is 0 Å². The lowest BCUT2D eigenvalue weighted by molar-refractivity contribution is 0.249. The Hall–Kier alpha value is -1.02. The molecule has 1 aromatic rings. The first-order valence-corrected chi connectivity index (χ1v) is 6.06. The first kappa shape index (κ1) is 13.0. The number of hydrogen-bond acceptors (Lipinski definition) is 2. The molecule has 0 spiro atoms. The van der Waals surface area contributed by atoms with Gasteiger partial charge in [-0.1, -0.05) is 39.0 Å². The van der Waals surface area contributed by atoms with E-state index >= 15 is 0 Å². The molecule has 1 unspecified atom stereocenters. The molecule has 1 atom stereocenters. The third kappa shape index (κ3) is 2.99. The fraction of sp³-hybridized carbons (Fsp3) is 0.571. The fourth-order valence-corrected chi connectivity index (χ4v) is 1.84. The van der Waals surface area contributed by atoms with Crippen molar-refractivity contribution in [2.75, 3.05) is 11.9 Å². The van der Waals surface area contributed by atoms with Crippen LogP contribution in [0.25, 0.3) is 0 Å². The first-order chi connectivity index (χ1) is 7.60. The highest BCUT2D eigenvalue weighted by Gasteiger charge is 2.14. The van der Waals surface area contributed by atoms with Gasteiger partial charge in [0.2, 0.25) is 0 Å². The SMILES string of the molecule is CCc1cccc(C)c1NC(CO)C(C)C. The summed E-state index contributed by atoms with van der Waals surface area (Å²) >= 11 is 0. The molecule has 0 saturated heterocycles. The molecule has 90 valence electrons. The van der Waals surface area contributed by atoms with Crippen molar-refractivity contribution in [3.8, 4) is 0 Å². The molecule has 2 N–H and O–H groups in total. The van der Waals surface area contributed by atoms with E-state index in [9.17, 15) is 5.11 Å². The highest BCUT2D eigenvalue weighted by molar-refractivity contribution is 5.57. The Morgan fingerprint density at radius 1 is 1.31 bits per heavy atom. The largest absolute Gasteiger partial charge is 0.394 e. The summed E-state index contributed by atoms with van der Waals surface area (Å²) in [5, 5.41) is 12.8. The highest BCUT2D eigenvalue weighted by Crippen LogP contribution is 2.23. The van der Waals surface area contributed by atoms with E-state index < -0.39 is 0 Å². The number of benzene rings is 1. The first-order valence-electron chi connectivity index (χ1n) is 6.06. The number of aryl methyl sites for hydroxylation is 2. The van der Waals surface area contributed by atoms with Gasteiger partial charge in [0, 0.05) is 5.69 Å². The molecule has 1 aromatic carbocycles. The highest BCUT2D eigenvalue weighted by atomic mass is 16.3. The molecule has 0 fully saturated rings. The van der Waals surface area contributed by atoms with Crippen molar-refractivity contribution in [1.82, 2.24) is 0 Å². The van der Waals surface area contributed by atoms with Gasteiger partial charge in [0.05, 0.1) is 12.6 Å². The normalized spacial score (nSPS) is 12.9. The van der Waals surface area contributed by atoms with Gasteiger partial charge in [-0.2, -0.15) is 0 Å². The van der Waals surface area contributed by atoms with Gasteiger partial charge in [0.15, 0.2) is 0 Å². The minimum atomic E-state index is 0.131. The van der Waals surface area contributed by atoms with Crippen LogP contribution in [0, 0.1) is 12.8 Å². The van der Waals surface area contributed by atoms with Gasteiger partial charge in [-0.05, 0) is 30.4 Å². The van der Waals surface area contributed by atoms with Crippen LogP contribution in [-0.4, -0.2) is 17.8 Å². The van der Waals surface area contributed by atoms with Crippen molar-refractivity contribution >= 4 is 5.69 Å². The molecule has 16 heavy (non-hydrogen) atoms. The van der Waals surface area contributed by atoms with E-state index in [0.717, 1.165) is 6.42 Å². The van der Waals surface area contributed by atoms with Crippen molar-refractivity contribution in [1.29, 1.82) is 0 Å². The Morgan fingerprint density at radius 3 is 2.50 bits per heavy atom. The maximum Gasteiger partial charge on any atom is 0.0635 e. The Kier molecular flexibility index (Phi) is 4.81. The molecule has 0 amide bonds. The standard InChI is InChI=1S/C14H23NO/c1-5-12-8-6-7-11(4)14(12)15-13(9-16)10(2)3/h6-8,10,13,15-16H,5,9H2,1-4H3. The molecule has 0 bridgehead atoms. The van der Waals surface area contributed by atoms with Gasteiger partial charge in [-0.15, -0.1) is 0 Å². The molecule has 0 aliphatic rings. The lowest BCUT2D eigenvalue weighted by Crippen LogP contribution is -2.30. The lowest BCUT2D eigenvalue weighted by Gasteiger charge is -2.24. The van der Waals surface area contributed by atoms with Gasteiger partial charge in [-0.3, -0.25) is 0 Å². The molecule has 0 aliphatic heterocycles. The van der Waals surface area contributed by atoms with E-state index in [1.54, 1.807) is 0 Å². The number of nitrogens with one attached hydrogen (secondary N) is 1. The summed E-state index contributed by atoms with van der Waals surface area (Å²) in [6, 6.07) is 6.47. The maximum atomic E-state index is 9.35. The Labute approximate surface area is 98.7 Å². The van der Waals surface area contributed by atoms with E-state index in [2.05, 4.69) is 51.2 Å². The average Bonchev–Trinajstić information content (AvgIpc) is 2.26. The van der Waals surface area contributed by atoms with Crippen molar-refractivity contribution in [2.24, 2.45) is 5.92 Å². The van der Waals surface area contributed by atoms with Crippen LogP contribution in [0.4, 0.5) is 5.69 Å².